The molecule has 0 spiro atoms. The first-order chi connectivity index (χ1) is 8.65. The zero-order valence-electron chi connectivity index (χ0n) is 12.2. The molecule has 106 valence electrons. The van der Waals surface area contributed by atoms with Crippen LogP contribution >= 0.6 is 0 Å². The van der Waals surface area contributed by atoms with E-state index < -0.39 is 0 Å². The Balaban J connectivity index is 2.49. The molecular weight excluding hydrogens is 224 g/mol. The summed E-state index contributed by atoms with van der Waals surface area (Å²) in [7, 11) is 0. The maximum Gasteiger partial charge on any atom is 0.222 e. The molecule has 18 heavy (non-hydrogen) atoms. The molecule has 0 bridgehead atoms. The van der Waals surface area contributed by atoms with Gasteiger partial charge in [-0.05, 0) is 38.1 Å². The van der Waals surface area contributed by atoms with Gasteiger partial charge in [0.1, 0.15) is 0 Å². The molecule has 1 saturated carbocycles. The van der Waals surface area contributed by atoms with Gasteiger partial charge >= 0.3 is 0 Å². The van der Waals surface area contributed by atoms with Crippen molar-refractivity contribution in [2.24, 2.45) is 11.7 Å². The highest BCUT2D eigenvalue weighted by Gasteiger charge is 2.24. The molecule has 0 atom stereocenters. The summed E-state index contributed by atoms with van der Waals surface area (Å²) in [5.41, 5.74) is 5.59. The molecule has 0 radical (unpaired) electrons. The Morgan fingerprint density at radius 1 is 1.28 bits per heavy atom. The molecule has 0 unspecified atom stereocenters. The number of hydrogen-bond donors (Lipinski definition) is 1. The first-order valence-electron chi connectivity index (χ1n) is 7.64. The number of hydrogen-bond acceptors (Lipinski definition) is 2. The summed E-state index contributed by atoms with van der Waals surface area (Å²) in [6.07, 6.45) is 8.92. The highest BCUT2D eigenvalue weighted by atomic mass is 16.2. The van der Waals surface area contributed by atoms with Gasteiger partial charge in [0.25, 0.3) is 0 Å². The van der Waals surface area contributed by atoms with Gasteiger partial charge in [-0.25, -0.2) is 0 Å². The van der Waals surface area contributed by atoms with Crippen LogP contribution in [0, 0.1) is 5.92 Å². The Labute approximate surface area is 112 Å². The standard InChI is InChI=1S/C15H30N2O/c1-13(2)9-10-15(18)17(12-6-11-16)14-7-4-3-5-8-14/h13-14H,3-12,16H2,1-2H3. The van der Waals surface area contributed by atoms with Crippen molar-refractivity contribution in [2.75, 3.05) is 13.1 Å². The lowest BCUT2D eigenvalue weighted by Crippen LogP contribution is -2.42. The molecule has 1 aliphatic carbocycles. The summed E-state index contributed by atoms with van der Waals surface area (Å²) < 4.78 is 0. The van der Waals surface area contributed by atoms with E-state index in [1.165, 1.54) is 32.1 Å². The third-order valence-electron chi connectivity index (χ3n) is 3.87. The van der Waals surface area contributed by atoms with Crippen LogP contribution in [0.3, 0.4) is 0 Å². The van der Waals surface area contributed by atoms with Gasteiger partial charge in [0.05, 0.1) is 0 Å². The lowest BCUT2D eigenvalue weighted by molar-refractivity contribution is -0.134. The van der Waals surface area contributed by atoms with Gasteiger partial charge in [-0.3, -0.25) is 4.79 Å². The van der Waals surface area contributed by atoms with Crippen LogP contribution in [0.25, 0.3) is 0 Å². The highest BCUT2D eigenvalue weighted by Crippen LogP contribution is 2.23. The van der Waals surface area contributed by atoms with Crippen molar-refractivity contribution >= 4 is 5.91 Å². The largest absolute Gasteiger partial charge is 0.340 e. The lowest BCUT2D eigenvalue weighted by Gasteiger charge is -2.34. The molecular formula is C15H30N2O. The van der Waals surface area contributed by atoms with E-state index >= 15 is 0 Å². The van der Waals surface area contributed by atoms with Gasteiger partial charge in [0.2, 0.25) is 5.91 Å². The number of nitrogens with zero attached hydrogens (tertiary/aromatic N) is 1. The van der Waals surface area contributed by atoms with Gasteiger partial charge in [0.15, 0.2) is 0 Å². The molecule has 0 heterocycles. The fourth-order valence-corrected chi connectivity index (χ4v) is 2.72. The Morgan fingerprint density at radius 3 is 2.50 bits per heavy atom. The fraction of sp³-hybridized carbons (Fsp3) is 0.933. The van der Waals surface area contributed by atoms with Crippen molar-refractivity contribution < 1.29 is 4.79 Å². The zero-order chi connectivity index (χ0) is 13.4. The maximum absolute atomic E-state index is 12.3. The van der Waals surface area contributed by atoms with E-state index in [2.05, 4.69) is 18.7 Å². The molecule has 0 aromatic heterocycles. The van der Waals surface area contributed by atoms with Crippen LogP contribution in [-0.2, 0) is 4.79 Å². The van der Waals surface area contributed by atoms with Gasteiger partial charge in [-0.1, -0.05) is 33.1 Å². The predicted molar refractivity (Wildman–Crippen MR) is 76.3 cm³/mol. The first kappa shape index (κ1) is 15.5. The monoisotopic (exact) mass is 254 g/mol. The Bertz CT molecular complexity index is 235. The number of carbonyl (C=O) groups excluding carboxylic acids is 1. The third kappa shape index (κ3) is 5.38. The molecule has 1 fully saturated rings. The number of amides is 1. The van der Waals surface area contributed by atoms with Crippen LogP contribution in [0.4, 0.5) is 0 Å². The van der Waals surface area contributed by atoms with Crippen molar-refractivity contribution in [1.29, 1.82) is 0 Å². The van der Waals surface area contributed by atoms with Crippen LogP contribution in [0.5, 0.6) is 0 Å². The van der Waals surface area contributed by atoms with E-state index in [4.69, 9.17) is 5.73 Å². The molecule has 0 aliphatic heterocycles. The number of nitrogens with two attached hydrogens (primary N) is 1. The van der Waals surface area contributed by atoms with Crippen LogP contribution in [0.2, 0.25) is 0 Å². The minimum Gasteiger partial charge on any atom is -0.340 e. The van der Waals surface area contributed by atoms with Crippen molar-refractivity contribution in [2.45, 2.75) is 71.3 Å². The second kappa shape index (κ2) is 8.52. The van der Waals surface area contributed by atoms with E-state index in [1.54, 1.807) is 0 Å². The van der Waals surface area contributed by atoms with E-state index in [0.717, 1.165) is 19.4 Å². The van der Waals surface area contributed by atoms with Crippen molar-refractivity contribution in [3.8, 4) is 0 Å². The summed E-state index contributed by atoms with van der Waals surface area (Å²) in [4.78, 5) is 14.5. The van der Waals surface area contributed by atoms with Crippen LogP contribution < -0.4 is 5.73 Å². The zero-order valence-corrected chi connectivity index (χ0v) is 12.2. The van der Waals surface area contributed by atoms with E-state index in [-0.39, 0.29) is 0 Å². The summed E-state index contributed by atoms with van der Waals surface area (Å²) in [5.74, 6) is 0.959. The quantitative estimate of drug-likeness (QED) is 0.759. The minimum atomic E-state index is 0.351. The SMILES string of the molecule is CC(C)CCC(=O)N(CCCN)C1CCCCC1. The molecule has 1 aliphatic rings. The molecule has 2 N–H and O–H groups in total. The summed E-state index contributed by atoms with van der Waals surface area (Å²) in [5, 5.41) is 0. The van der Waals surface area contributed by atoms with Gasteiger partial charge in [-0.15, -0.1) is 0 Å². The maximum atomic E-state index is 12.3. The summed E-state index contributed by atoms with van der Waals surface area (Å²) in [6.45, 7) is 5.90. The lowest BCUT2D eigenvalue weighted by atomic mass is 9.93. The van der Waals surface area contributed by atoms with Crippen molar-refractivity contribution in [3.63, 3.8) is 0 Å². The average Bonchev–Trinajstić information content (AvgIpc) is 2.38. The molecule has 0 saturated heterocycles. The third-order valence-corrected chi connectivity index (χ3v) is 3.87. The predicted octanol–water partition coefficient (Wildman–Crippen LogP) is 2.93. The topological polar surface area (TPSA) is 46.3 Å². The molecule has 3 nitrogen and oxygen atoms in total. The van der Waals surface area contributed by atoms with E-state index in [0.29, 0.717) is 30.8 Å². The number of carbonyl (C=O) groups is 1. The van der Waals surface area contributed by atoms with Gasteiger partial charge < -0.3 is 10.6 Å². The molecule has 1 rings (SSSR count). The van der Waals surface area contributed by atoms with Crippen molar-refractivity contribution in [3.05, 3.63) is 0 Å². The second-order valence-electron chi connectivity index (χ2n) is 5.95. The second-order valence-corrected chi connectivity index (χ2v) is 5.95. The molecule has 0 aromatic rings. The molecule has 3 heteroatoms. The highest BCUT2D eigenvalue weighted by molar-refractivity contribution is 5.76. The van der Waals surface area contributed by atoms with Gasteiger partial charge in [-0.2, -0.15) is 0 Å². The molecule has 0 aromatic carbocycles. The first-order valence-corrected chi connectivity index (χ1v) is 7.64. The van der Waals surface area contributed by atoms with E-state index in [9.17, 15) is 4.79 Å². The summed E-state index contributed by atoms with van der Waals surface area (Å²) >= 11 is 0. The van der Waals surface area contributed by atoms with E-state index in [1.807, 2.05) is 0 Å². The van der Waals surface area contributed by atoms with Crippen LogP contribution in [0.15, 0.2) is 0 Å². The van der Waals surface area contributed by atoms with Crippen molar-refractivity contribution in [1.82, 2.24) is 4.90 Å². The normalized spacial score (nSPS) is 17.1. The van der Waals surface area contributed by atoms with Crippen LogP contribution in [0.1, 0.15) is 65.2 Å². The fourth-order valence-electron chi connectivity index (χ4n) is 2.72. The Kier molecular flexibility index (Phi) is 7.33. The molecule has 1 amide bonds. The Hall–Kier alpha value is -0.570. The minimum absolute atomic E-state index is 0.351. The average molecular weight is 254 g/mol. The van der Waals surface area contributed by atoms with Gasteiger partial charge in [0, 0.05) is 19.0 Å². The Morgan fingerprint density at radius 2 is 1.94 bits per heavy atom. The smallest absolute Gasteiger partial charge is 0.222 e. The number of rotatable bonds is 7. The van der Waals surface area contributed by atoms with Crippen LogP contribution in [-0.4, -0.2) is 29.9 Å². The summed E-state index contributed by atoms with van der Waals surface area (Å²) in [6, 6.07) is 0.491.